The summed E-state index contributed by atoms with van der Waals surface area (Å²) in [4.78, 5) is 78.6. The molecule has 0 spiro atoms. The van der Waals surface area contributed by atoms with Gasteiger partial charge in [-0.15, -0.1) is 0 Å². The Hall–Kier alpha value is -10.5. The van der Waals surface area contributed by atoms with Gasteiger partial charge in [0, 0.05) is 164 Å². The zero-order valence-electron chi connectivity index (χ0n) is 70.3. The molecule has 41 heteroatoms. The highest BCUT2D eigenvalue weighted by Gasteiger charge is 2.47. The van der Waals surface area contributed by atoms with Crippen LogP contribution in [0.1, 0.15) is 252 Å². The van der Waals surface area contributed by atoms with Gasteiger partial charge in [0.05, 0.1) is 51.6 Å². The van der Waals surface area contributed by atoms with Gasteiger partial charge in [0.15, 0.2) is 22.8 Å². The van der Waals surface area contributed by atoms with Crippen molar-refractivity contribution in [2.75, 3.05) is 91.6 Å². The molecule has 18 rings (SSSR count). The van der Waals surface area contributed by atoms with Crippen LogP contribution in [0.4, 0.5) is 87.8 Å². The Labute approximate surface area is 727 Å². The minimum Gasteiger partial charge on any atom is -0.337 e. The molecule has 0 unspecified atom stereocenters. The monoisotopic (exact) mass is 1830 g/mol. The van der Waals surface area contributed by atoms with Crippen molar-refractivity contribution in [2.24, 2.45) is 5.92 Å². The highest BCUT2D eigenvalue weighted by Crippen LogP contribution is 2.47. The number of carbonyl (C=O) groups is 5. The number of piperidine rings is 4. The molecule has 0 radical (unpaired) electrons. The van der Waals surface area contributed by atoms with Gasteiger partial charge in [-0.05, 0) is 185 Å². The summed E-state index contributed by atoms with van der Waals surface area (Å²) in [6.07, 6.45) is -9.40. The number of likely N-dealkylation sites (tertiary alicyclic amines) is 4. The number of nitrogens with one attached hydrogen (secondary N) is 4. The number of carbonyl (C=O) groups excluding carboxylic acids is 5. The third kappa shape index (κ3) is 20.5. The van der Waals surface area contributed by atoms with E-state index in [0.717, 1.165) is 128 Å². The molecular formula is C88H94F20N16O5. The molecular weight excluding hydrogens is 1740 g/mol. The first-order chi connectivity index (χ1) is 61.2. The molecule has 8 aromatic rings. The Morgan fingerprint density at radius 3 is 0.899 bits per heavy atom. The molecule has 0 atom stereocenters. The number of likely N-dealkylation sites (N-methyl/N-ethyl adjacent to an activating group) is 1. The first-order valence-corrected chi connectivity index (χ1v) is 43.3. The number of amides is 5. The normalized spacial score (nSPS) is 19.2. The van der Waals surface area contributed by atoms with E-state index in [1.807, 2.05) is 0 Å². The van der Waals surface area contributed by atoms with E-state index in [-0.39, 0.29) is 180 Å². The number of rotatable bonds is 12. The number of hydrogen-bond donors (Lipinski definition) is 4. The van der Waals surface area contributed by atoms with Gasteiger partial charge in [-0.1, -0.05) is 13.3 Å². The van der Waals surface area contributed by atoms with Crippen LogP contribution >= 0.6 is 0 Å². The van der Waals surface area contributed by atoms with Crippen molar-refractivity contribution in [1.82, 2.24) is 80.0 Å². The molecule has 4 aromatic carbocycles. The van der Waals surface area contributed by atoms with Gasteiger partial charge in [-0.2, -0.15) is 73.1 Å². The largest absolute Gasteiger partial charge is 0.419 e. The number of aromatic nitrogens is 8. The van der Waals surface area contributed by atoms with Crippen LogP contribution in [0.5, 0.6) is 0 Å². The van der Waals surface area contributed by atoms with Crippen molar-refractivity contribution in [2.45, 2.75) is 204 Å². The van der Waals surface area contributed by atoms with Gasteiger partial charge in [-0.25, -0.2) is 35.1 Å². The zero-order chi connectivity index (χ0) is 92.2. The van der Waals surface area contributed by atoms with Crippen molar-refractivity contribution in [3.63, 3.8) is 0 Å². The van der Waals surface area contributed by atoms with Crippen LogP contribution in [0.2, 0.25) is 0 Å². The van der Waals surface area contributed by atoms with Crippen molar-refractivity contribution >= 4 is 29.5 Å². The van der Waals surface area contributed by atoms with Crippen molar-refractivity contribution in [3.8, 4) is 0 Å². The van der Waals surface area contributed by atoms with Crippen LogP contribution in [-0.2, 0) is 81.4 Å². The summed E-state index contributed by atoms with van der Waals surface area (Å²) in [6, 6.07) is 4.65. The third-order valence-electron chi connectivity index (χ3n) is 26.8. The van der Waals surface area contributed by atoms with E-state index in [1.54, 1.807) is 19.6 Å². The second kappa shape index (κ2) is 37.8. The fraction of sp³-hybridized carbons (Fsp3) is 0.534. The van der Waals surface area contributed by atoms with Gasteiger partial charge in [0.1, 0.15) is 46.5 Å². The molecule has 10 aliphatic rings. The second-order valence-electron chi connectivity index (χ2n) is 34.8. The van der Waals surface area contributed by atoms with E-state index in [1.165, 1.54) is 43.9 Å². The number of fused-ring (bicyclic) bond motifs is 4. The maximum atomic E-state index is 14.0. The lowest BCUT2D eigenvalue weighted by Crippen LogP contribution is -2.43. The molecule has 21 nitrogen and oxygen atoms in total. The molecule has 4 saturated heterocycles. The SMILES string of the molecule is CC(=O)N1CCc2c(C(=O)N3CCC(c4cc(F)cc(F)c4C(F)(F)F)CC3)n[nH]c2C1.CCN1CCc2c(C(=O)N3CCC(c4cc(F)cc(F)c4C(F)(F)F)CC3)n[nH]c2C1.O=C(c1n[nH]c2c1CCN(C1CCC1)C2)N1CCC(c2cc(F)cc(F)c2C(F)(F)F)CC1.O=C(c1n[nH]c2c1CCN(CC1CC1)C2)N1CCC(c2cc(F)cc(F)c2C(F)(F)F)CC1. The first kappa shape index (κ1) is 93.2. The quantitative estimate of drug-likeness (QED) is 0.0838. The summed E-state index contributed by atoms with van der Waals surface area (Å²) in [5.74, 6) is -13.8. The number of halogens is 20. The van der Waals surface area contributed by atoms with Crippen LogP contribution in [0, 0.1) is 52.5 Å². The molecule has 696 valence electrons. The lowest BCUT2D eigenvalue weighted by Gasteiger charge is -2.39. The average molecular weight is 1840 g/mol. The van der Waals surface area contributed by atoms with Gasteiger partial charge >= 0.3 is 24.7 Å². The molecule has 6 fully saturated rings. The predicted octanol–water partition coefficient (Wildman–Crippen LogP) is 16.9. The number of nitrogens with zero attached hydrogens (tertiary/aromatic N) is 12. The van der Waals surface area contributed by atoms with Crippen LogP contribution in [-0.4, -0.2) is 207 Å². The van der Waals surface area contributed by atoms with Crippen molar-refractivity contribution in [3.05, 3.63) is 207 Å². The third-order valence-corrected chi connectivity index (χ3v) is 26.8. The standard InChI is InChI=1S/2C23H25F5N4O.C21H21F5N4O2.C21H23F5N4O/c24-15-9-17(20(18(25)10-15)23(26,27)28)14-3-7-32(8-4-14)22(33)21-16-5-6-31(11-13-1-2-13)12-19(16)29-30-21;24-14-10-17(20(18(25)11-14)23(26,27)28)13-4-7-31(8-5-13)22(33)21-16-6-9-32(15-2-1-3-15)12-19(16)29-30-21;1-11(31)30-7-4-14-17(10-30)27-28-19(14)20(32)29-5-2-12(3-6-29)15-8-13(22)9-16(23)18(15)21(24,25)26;1-2-29-6-5-14-17(11-29)27-28-19(14)20(31)30-7-3-12(4-8-30)15-9-13(22)10-16(23)18(15)21(24,25)26/h9-10,13-14H,1-8,11-12H2,(H,29,30);10-11,13,15H,1-9,12H2,(H,29,30);8-9,12H,2-7,10H2,1H3,(H,27,28);9-10,12H,2-8,11H2,1H3,(H,27,28). The Morgan fingerprint density at radius 2 is 0.620 bits per heavy atom. The van der Waals surface area contributed by atoms with E-state index in [0.29, 0.717) is 61.3 Å². The molecule has 2 saturated carbocycles. The molecule has 12 heterocycles. The van der Waals surface area contributed by atoms with Crippen LogP contribution in [0.25, 0.3) is 0 Å². The van der Waals surface area contributed by atoms with E-state index < -0.39 is 123 Å². The summed E-state index contributed by atoms with van der Waals surface area (Å²) < 4.78 is 271. The zero-order valence-corrected chi connectivity index (χ0v) is 70.3. The predicted molar refractivity (Wildman–Crippen MR) is 424 cm³/mol. The second-order valence-corrected chi connectivity index (χ2v) is 34.8. The maximum absolute atomic E-state index is 14.0. The lowest BCUT2D eigenvalue weighted by molar-refractivity contribution is -0.141. The average Bonchev–Trinajstić information content (AvgIpc) is 1.65. The Bertz CT molecular complexity index is 5470. The fourth-order valence-corrected chi connectivity index (χ4v) is 19.6. The van der Waals surface area contributed by atoms with Crippen LogP contribution in [0.3, 0.4) is 0 Å². The summed E-state index contributed by atoms with van der Waals surface area (Å²) in [7, 11) is 0. The first-order valence-electron chi connectivity index (χ1n) is 43.3. The Morgan fingerprint density at radius 1 is 0.341 bits per heavy atom. The summed E-state index contributed by atoms with van der Waals surface area (Å²) in [6.45, 7) is 12.5. The number of alkyl halides is 12. The smallest absolute Gasteiger partial charge is 0.337 e. The summed E-state index contributed by atoms with van der Waals surface area (Å²) in [5, 5.41) is 28.6. The number of H-pyrrole nitrogens is 4. The van der Waals surface area contributed by atoms with E-state index in [9.17, 15) is 112 Å². The fourth-order valence-electron chi connectivity index (χ4n) is 19.6. The molecule has 4 aromatic heterocycles. The highest BCUT2D eigenvalue weighted by molar-refractivity contribution is 5.96. The van der Waals surface area contributed by atoms with Crippen LogP contribution in [0.15, 0.2) is 48.5 Å². The summed E-state index contributed by atoms with van der Waals surface area (Å²) in [5.41, 5.74) is 1.11. The summed E-state index contributed by atoms with van der Waals surface area (Å²) >= 11 is 0. The van der Waals surface area contributed by atoms with Crippen molar-refractivity contribution < 1.29 is 112 Å². The minimum atomic E-state index is -4.94. The number of hydrogen-bond acceptors (Lipinski definition) is 12. The Balaban J connectivity index is 0.000000132. The molecule has 8 aliphatic heterocycles. The Kier molecular flexibility index (Phi) is 27.3. The van der Waals surface area contributed by atoms with E-state index >= 15 is 0 Å². The van der Waals surface area contributed by atoms with Gasteiger partial charge in [-0.3, -0.25) is 59.1 Å². The topological polar surface area (TPSA) is 226 Å². The van der Waals surface area contributed by atoms with Gasteiger partial charge in [0.25, 0.3) is 23.6 Å². The maximum Gasteiger partial charge on any atom is 0.419 e. The van der Waals surface area contributed by atoms with Crippen LogP contribution < -0.4 is 0 Å². The molecule has 129 heavy (non-hydrogen) atoms. The lowest BCUT2D eigenvalue weighted by atomic mass is 9.85. The van der Waals surface area contributed by atoms with E-state index in [4.69, 9.17) is 0 Å². The number of aromatic amines is 4. The van der Waals surface area contributed by atoms with Gasteiger partial charge < -0.3 is 24.5 Å². The molecule has 4 N–H and O–H groups in total. The molecule has 2 aliphatic carbocycles. The highest BCUT2D eigenvalue weighted by atomic mass is 19.4. The molecule has 5 amide bonds. The minimum absolute atomic E-state index is 0.0767. The molecule has 0 bridgehead atoms. The van der Waals surface area contributed by atoms with Gasteiger partial charge in [0.2, 0.25) is 5.91 Å². The van der Waals surface area contributed by atoms with Crippen molar-refractivity contribution in [1.29, 1.82) is 0 Å². The van der Waals surface area contributed by atoms with E-state index in [2.05, 4.69) is 62.4 Å². The number of benzene rings is 4.